The number of unbranched alkanes of at least 4 members (excludes halogenated alkanes) is 48. The van der Waals surface area contributed by atoms with Crippen molar-refractivity contribution in [2.75, 3.05) is 39.6 Å². The molecule has 0 heterocycles. The number of ether oxygens (including phenoxy) is 4. The molecule has 0 aliphatic rings. The first-order valence-corrected chi connectivity index (χ1v) is 44.0. The molecule has 19 heteroatoms. The van der Waals surface area contributed by atoms with Crippen molar-refractivity contribution in [3.63, 3.8) is 0 Å². The number of carbonyl (C=O) groups excluding carboxylic acids is 4. The van der Waals surface area contributed by atoms with Crippen molar-refractivity contribution >= 4 is 39.5 Å². The molecule has 0 saturated heterocycles. The number of rotatable bonds is 78. The predicted molar refractivity (Wildman–Crippen MR) is 400 cm³/mol. The normalized spacial score (nSPS) is 13.9. The molecule has 582 valence electrons. The van der Waals surface area contributed by atoms with Crippen LogP contribution in [0.5, 0.6) is 0 Å². The van der Waals surface area contributed by atoms with Crippen molar-refractivity contribution < 1.29 is 80.2 Å². The number of phosphoric acid groups is 2. The molecule has 3 N–H and O–H groups in total. The molecule has 0 radical (unpaired) electrons. The molecule has 0 aliphatic carbocycles. The summed E-state index contributed by atoms with van der Waals surface area (Å²) in [7, 11) is -9.91. The van der Waals surface area contributed by atoms with Gasteiger partial charge in [0.2, 0.25) is 0 Å². The zero-order chi connectivity index (χ0) is 72.1. The molecular formula is C79H154O17P2. The summed E-state index contributed by atoms with van der Waals surface area (Å²) in [4.78, 5) is 72.8. The van der Waals surface area contributed by atoms with Gasteiger partial charge in [-0.25, -0.2) is 9.13 Å². The summed E-state index contributed by atoms with van der Waals surface area (Å²) in [6.07, 6.45) is 59.8. The first-order valence-electron chi connectivity index (χ1n) is 41.0. The van der Waals surface area contributed by atoms with Gasteiger partial charge in [0, 0.05) is 25.7 Å². The van der Waals surface area contributed by atoms with Crippen molar-refractivity contribution in [3.05, 3.63) is 0 Å². The molecule has 0 spiro atoms. The first kappa shape index (κ1) is 96.1. The zero-order valence-corrected chi connectivity index (χ0v) is 65.9. The molecule has 0 amide bonds. The number of aliphatic hydroxyl groups is 1. The van der Waals surface area contributed by atoms with Gasteiger partial charge in [-0.3, -0.25) is 37.3 Å². The van der Waals surface area contributed by atoms with Crippen LogP contribution in [0, 0.1) is 11.8 Å². The number of carbonyl (C=O) groups is 4. The van der Waals surface area contributed by atoms with E-state index >= 15 is 0 Å². The van der Waals surface area contributed by atoms with E-state index in [1.54, 1.807) is 0 Å². The first-order chi connectivity index (χ1) is 47.4. The van der Waals surface area contributed by atoms with Gasteiger partial charge in [-0.1, -0.05) is 363 Å². The highest BCUT2D eigenvalue weighted by Crippen LogP contribution is 2.45. The van der Waals surface area contributed by atoms with Crippen LogP contribution in [0.25, 0.3) is 0 Å². The van der Waals surface area contributed by atoms with E-state index in [-0.39, 0.29) is 25.7 Å². The van der Waals surface area contributed by atoms with Crippen LogP contribution in [0.4, 0.5) is 0 Å². The number of hydrogen-bond donors (Lipinski definition) is 3. The smallest absolute Gasteiger partial charge is 0.462 e. The maximum atomic E-state index is 13.1. The number of phosphoric ester groups is 2. The van der Waals surface area contributed by atoms with E-state index in [1.807, 2.05) is 0 Å². The zero-order valence-electron chi connectivity index (χ0n) is 64.1. The van der Waals surface area contributed by atoms with Crippen LogP contribution in [-0.2, 0) is 65.4 Å². The van der Waals surface area contributed by atoms with Crippen LogP contribution in [0.1, 0.15) is 414 Å². The Labute approximate surface area is 600 Å². The highest BCUT2D eigenvalue weighted by atomic mass is 31.2. The SMILES string of the molecule is CCCCCCCCCCCCCCCCC(=O)O[C@H](COC(=O)CCCCCCCCC)COP(=O)(O)OC[C@H](O)COP(=O)(O)OC[C@@H](COC(=O)CCCCCCCCCCCCCCCCCC(C)C)OC(=O)CCCCCCCCCCCCCCCCCCC(C)C. The van der Waals surface area contributed by atoms with Crippen molar-refractivity contribution in [2.45, 2.75) is 432 Å². The highest BCUT2D eigenvalue weighted by molar-refractivity contribution is 7.47. The van der Waals surface area contributed by atoms with Crippen LogP contribution in [0.2, 0.25) is 0 Å². The van der Waals surface area contributed by atoms with Gasteiger partial charge in [0.05, 0.1) is 26.4 Å². The fraction of sp³-hybridized carbons (Fsp3) is 0.949. The molecular weight excluding hydrogens is 1280 g/mol. The molecule has 98 heavy (non-hydrogen) atoms. The Morgan fingerprint density at radius 1 is 0.276 bits per heavy atom. The highest BCUT2D eigenvalue weighted by Gasteiger charge is 2.30. The van der Waals surface area contributed by atoms with Gasteiger partial charge < -0.3 is 33.8 Å². The molecule has 0 bridgehead atoms. The molecule has 2 unspecified atom stereocenters. The average molecular weight is 1440 g/mol. The topological polar surface area (TPSA) is 237 Å². The molecule has 0 aromatic heterocycles. The molecule has 0 aliphatic heterocycles. The van der Waals surface area contributed by atoms with E-state index < -0.39 is 97.5 Å². The summed E-state index contributed by atoms with van der Waals surface area (Å²) in [5.74, 6) is -0.499. The maximum Gasteiger partial charge on any atom is 0.472 e. The van der Waals surface area contributed by atoms with Crippen LogP contribution < -0.4 is 0 Å². The maximum absolute atomic E-state index is 13.1. The molecule has 0 aromatic rings. The Hall–Kier alpha value is -1.94. The lowest BCUT2D eigenvalue weighted by Gasteiger charge is -2.21. The molecule has 0 rings (SSSR count). The molecule has 17 nitrogen and oxygen atoms in total. The third-order valence-electron chi connectivity index (χ3n) is 18.5. The van der Waals surface area contributed by atoms with Crippen molar-refractivity contribution in [2.24, 2.45) is 11.8 Å². The monoisotopic (exact) mass is 1440 g/mol. The summed E-state index contributed by atoms with van der Waals surface area (Å²) < 4.78 is 68.5. The third-order valence-corrected chi connectivity index (χ3v) is 20.4. The average Bonchev–Trinajstić information content (AvgIpc) is 0.994. The van der Waals surface area contributed by atoms with Gasteiger partial charge in [-0.15, -0.1) is 0 Å². The minimum atomic E-state index is -4.96. The minimum Gasteiger partial charge on any atom is -0.462 e. The largest absolute Gasteiger partial charge is 0.472 e. The van der Waals surface area contributed by atoms with Crippen LogP contribution in [-0.4, -0.2) is 96.7 Å². The summed E-state index contributed by atoms with van der Waals surface area (Å²) in [5, 5.41) is 10.6. The van der Waals surface area contributed by atoms with Crippen LogP contribution in [0.15, 0.2) is 0 Å². The van der Waals surface area contributed by atoms with Crippen molar-refractivity contribution in [1.82, 2.24) is 0 Å². The Morgan fingerprint density at radius 3 is 0.694 bits per heavy atom. The van der Waals surface area contributed by atoms with Gasteiger partial charge in [-0.2, -0.15) is 0 Å². The van der Waals surface area contributed by atoms with Gasteiger partial charge in [-0.05, 0) is 37.5 Å². The lowest BCUT2D eigenvalue weighted by Crippen LogP contribution is -2.30. The Morgan fingerprint density at radius 2 is 0.469 bits per heavy atom. The fourth-order valence-electron chi connectivity index (χ4n) is 12.2. The third kappa shape index (κ3) is 72.4. The molecule has 5 atom stereocenters. The fourth-order valence-corrected chi connectivity index (χ4v) is 13.8. The second-order valence-electron chi connectivity index (χ2n) is 29.4. The Bertz CT molecular complexity index is 1890. The molecule has 0 saturated carbocycles. The molecule has 0 aromatic carbocycles. The van der Waals surface area contributed by atoms with Crippen LogP contribution in [0.3, 0.4) is 0 Å². The number of esters is 4. The van der Waals surface area contributed by atoms with E-state index in [0.717, 1.165) is 115 Å². The second kappa shape index (κ2) is 70.7. The van der Waals surface area contributed by atoms with Crippen molar-refractivity contribution in [1.29, 1.82) is 0 Å². The summed E-state index contributed by atoms with van der Waals surface area (Å²) in [6, 6.07) is 0. The van der Waals surface area contributed by atoms with Gasteiger partial charge in [0.1, 0.15) is 19.3 Å². The van der Waals surface area contributed by atoms with Gasteiger partial charge in [0.25, 0.3) is 0 Å². The second-order valence-corrected chi connectivity index (χ2v) is 32.3. The van der Waals surface area contributed by atoms with E-state index in [1.165, 1.54) is 218 Å². The standard InChI is InChI=1S/C79H154O17P2/c1-7-9-11-13-15-16-17-18-28-34-39-45-51-57-63-78(83)95-74(67-89-76(81)61-55-49-41-14-12-10-8-2)69-93-97(85,86)91-65-73(80)66-92-98(87,88)94-70-75(68-90-77(82)62-56-50-44-38-33-29-25-21-23-27-32-37-43-48-54-60-72(5)6)96-79(84)64-58-52-46-40-35-30-24-20-19-22-26-31-36-42-47-53-59-71(3)4/h71-75,80H,7-70H2,1-6H3,(H,85,86)(H,87,88)/t73-,74+,75+/m0/s1. The number of aliphatic hydroxyl groups excluding tert-OH is 1. The van der Waals surface area contributed by atoms with Crippen LogP contribution >= 0.6 is 15.6 Å². The van der Waals surface area contributed by atoms with Gasteiger partial charge in [0.15, 0.2) is 12.2 Å². The minimum absolute atomic E-state index is 0.108. The van der Waals surface area contributed by atoms with E-state index in [2.05, 4.69) is 41.5 Å². The summed E-state index contributed by atoms with van der Waals surface area (Å²) in [5.41, 5.74) is 0. The Kier molecular flexibility index (Phi) is 69.3. The van der Waals surface area contributed by atoms with E-state index in [4.69, 9.17) is 37.0 Å². The lowest BCUT2D eigenvalue weighted by atomic mass is 10.0. The van der Waals surface area contributed by atoms with Crippen molar-refractivity contribution in [3.8, 4) is 0 Å². The Balaban J connectivity index is 5.18. The van der Waals surface area contributed by atoms with E-state index in [0.29, 0.717) is 25.7 Å². The summed E-state index contributed by atoms with van der Waals surface area (Å²) in [6.45, 7) is 9.64. The van der Waals surface area contributed by atoms with E-state index in [9.17, 15) is 43.2 Å². The quantitative estimate of drug-likeness (QED) is 0.0222. The summed E-state index contributed by atoms with van der Waals surface area (Å²) >= 11 is 0. The molecule has 0 fully saturated rings. The number of hydrogen-bond acceptors (Lipinski definition) is 15. The lowest BCUT2D eigenvalue weighted by molar-refractivity contribution is -0.161. The van der Waals surface area contributed by atoms with Gasteiger partial charge >= 0.3 is 39.5 Å². The predicted octanol–water partition coefficient (Wildman–Crippen LogP) is 23.5.